The molecule has 0 aliphatic heterocycles. The number of H-pyrrole nitrogens is 10. The zero-order valence-corrected chi connectivity index (χ0v) is 69.8. The van der Waals surface area contributed by atoms with Gasteiger partial charge in [0.25, 0.3) is 33.7 Å². The first-order chi connectivity index (χ1) is 61.6. The predicted octanol–water partition coefficient (Wildman–Crippen LogP) is 12.0. The molecule has 11 aromatic heterocycles. The number of anilines is 3. The molecule has 0 bridgehead atoms. The van der Waals surface area contributed by atoms with Crippen LogP contribution >= 0.6 is 0 Å². The van der Waals surface area contributed by atoms with Crippen LogP contribution < -0.4 is 67.4 Å². The standard InChI is InChI=1S/C21H19N5O3.C20H17N5O3.C20H22N4O3.C15H15N5O3.C13H13N5O2/c1-3-29-16-11-13(21(28)26(2)14-7-5-4-6-8-14)9-10-15(16)18-24-19-17(20(27)25-18)22-12-23-19;1-2-28-16-9-12(15(26)10-13-5-3-4-8-21-13)6-7-14(16)18-24-19-17(20(27)25-18)22-11-23-19;1-2-27-16-10-13(15(25)9-12-5-3-4-6-12)7-8-14(16)18-23-19-17(20(26)24-18)21-11-22-19;1-3-23-11-6-9(18-8(2)21)4-5-10(11)13-19-14-12(15(22)20-13)16-7-17-14;1-2-20-9-5-7(14)3-4-8(9)11-17-12-10(13(19)18-11)15-6-16-12/h4-12H,3H2,1-2H3,(H2,22,23,24,25,27);3-9,11H,2,10H2,1H3,(H2,22,23,24,25,27);7-8,10-12H,2-6,9H2,1H3,(H2,21,22,23,24,26);4-7H,3H2,1-2H3,(H,18,21)(H2,16,17,19,20,22);3-6H,2,14H2,1H3,(H2,15,16,17,18,19). The summed E-state index contributed by atoms with van der Waals surface area (Å²) in [6.45, 7) is 12.9. The molecule has 0 radical (unpaired) electrons. The zero-order chi connectivity index (χ0) is 89.2. The molecule has 1 saturated carbocycles. The first-order valence-corrected chi connectivity index (χ1v) is 40.5. The van der Waals surface area contributed by atoms with Gasteiger partial charge in [0.1, 0.15) is 57.9 Å². The third-order valence-electron chi connectivity index (χ3n) is 19.9. The molecule has 17 aromatic rings. The lowest BCUT2D eigenvalue weighted by atomic mass is 9.96. The summed E-state index contributed by atoms with van der Waals surface area (Å²) in [4.78, 5) is 185. The number of hydrogen-bond donors (Lipinski definition) is 12. The van der Waals surface area contributed by atoms with Crippen molar-refractivity contribution in [3.8, 4) is 85.7 Å². The van der Waals surface area contributed by atoms with E-state index in [9.17, 15) is 43.2 Å². The van der Waals surface area contributed by atoms with Gasteiger partial charge in [-0.2, -0.15) is 0 Å². The van der Waals surface area contributed by atoms with Gasteiger partial charge in [-0.15, -0.1) is 0 Å². The van der Waals surface area contributed by atoms with Crippen molar-refractivity contribution < 1.29 is 42.9 Å². The Kier molecular flexibility index (Phi) is 27.2. The summed E-state index contributed by atoms with van der Waals surface area (Å²) in [7, 11) is 1.72. The number of ether oxygens (including phenoxy) is 5. The fourth-order valence-electron chi connectivity index (χ4n) is 13.9. The van der Waals surface area contributed by atoms with Crippen molar-refractivity contribution in [3.63, 3.8) is 0 Å². The second-order valence-corrected chi connectivity index (χ2v) is 28.4. The summed E-state index contributed by atoms with van der Waals surface area (Å²) in [5.41, 5.74) is 14.9. The Hall–Kier alpha value is -16.7. The van der Waals surface area contributed by atoms with E-state index in [1.807, 2.05) is 77.1 Å². The number of nitrogens with one attached hydrogen (secondary N) is 11. The van der Waals surface area contributed by atoms with Gasteiger partial charge < -0.3 is 89.5 Å². The molecule has 1 fully saturated rings. The van der Waals surface area contributed by atoms with Gasteiger partial charge in [0.15, 0.2) is 67.4 Å². The number of aromatic nitrogens is 21. The highest BCUT2D eigenvalue weighted by Gasteiger charge is 2.25. The molecule has 18 rings (SSSR count). The normalized spacial score (nSPS) is 11.6. The van der Waals surface area contributed by atoms with Crippen LogP contribution in [-0.2, 0) is 11.2 Å². The van der Waals surface area contributed by atoms with E-state index >= 15 is 0 Å². The van der Waals surface area contributed by atoms with Gasteiger partial charge in [-0.25, -0.2) is 49.8 Å². The van der Waals surface area contributed by atoms with Crippen LogP contribution in [0.4, 0.5) is 17.1 Å². The van der Waals surface area contributed by atoms with Crippen molar-refractivity contribution in [2.24, 2.45) is 5.92 Å². The van der Waals surface area contributed by atoms with Gasteiger partial charge in [-0.3, -0.25) is 48.1 Å². The zero-order valence-electron chi connectivity index (χ0n) is 69.8. The Morgan fingerprint density at radius 1 is 0.409 bits per heavy atom. The van der Waals surface area contributed by atoms with Crippen LogP contribution in [0, 0.1) is 5.92 Å². The van der Waals surface area contributed by atoms with Crippen LogP contribution in [0.2, 0.25) is 0 Å². The van der Waals surface area contributed by atoms with Crippen LogP contribution in [0.3, 0.4) is 0 Å². The fourth-order valence-corrected chi connectivity index (χ4v) is 13.9. The minimum Gasteiger partial charge on any atom is -0.493 e. The number of nitrogens with two attached hydrogens (primary N) is 1. The molecule has 0 atom stereocenters. The van der Waals surface area contributed by atoms with Gasteiger partial charge in [0, 0.05) is 78.2 Å². The average molecular weight is 1720 g/mol. The van der Waals surface area contributed by atoms with Crippen molar-refractivity contribution in [1.29, 1.82) is 0 Å². The highest BCUT2D eigenvalue weighted by atomic mass is 16.5. The Morgan fingerprint density at radius 3 is 1.13 bits per heavy atom. The first-order valence-electron chi connectivity index (χ1n) is 40.5. The third-order valence-corrected chi connectivity index (χ3v) is 19.9. The molecule has 1 aliphatic rings. The summed E-state index contributed by atoms with van der Waals surface area (Å²) in [6, 6.07) is 40.6. The summed E-state index contributed by atoms with van der Waals surface area (Å²) < 4.78 is 28.3. The molecule has 13 N–H and O–H groups in total. The highest BCUT2D eigenvalue weighted by Crippen LogP contribution is 2.37. The number of fused-ring (bicyclic) bond motifs is 5. The number of imidazole rings is 5. The number of rotatable bonds is 24. The smallest absolute Gasteiger partial charge is 0.277 e. The number of benzene rings is 6. The van der Waals surface area contributed by atoms with E-state index in [2.05, 4.69) is 110 Å². The molecule has 6 aromatic carbocycles. The molecule has 1 aliphatic carbocycles. The molecule has 0 unspecified atom stereocenters. The summed E-state index contributed by atoms with van der Waals surface area (Å²) in [5.74, 6) is 4.54. The molecule has 0 saturated heterocycles. The number of ketones is 2. The molecular formula is C89H86N24O14. The number of aromatic amines is 10. The van der Waals surface area contributed by atoms with E-state index in [4.69, 9.17) is 29.4 Å². The van der Waals surface area contributed by atoms with Crippen molar-refractivity contribution >= 4 is 96.3 Å². The van der Waals surface area contributed by atoms with Crippen LogP contribution in [0.1, 0.15) is 110 Å². The van der Waals surface area contributed by atoms with E-state index in [1.165, 1.54) is 51.4 Å². The van der Waals surface area contributed by atoms with Gasteiger partial charge in [0.05, 0.1) is 98.9 Å². The average Bonchev–Trinajstić information content (AvgIpc) is 1.78. The van der Waals surface area contributed by atoms with Crippen molar-refractivity contribution in [2.75, 3.05) is 56.0 Å². The summed E-state index contributed by atoms with van der Waals surface area (Å²) in [5, 5.41) is 2.69. The number of pyridine rings is 1. The molecule has 11 heterocycles. The molecular weight excluding hydrogens is 1630 g/mol. The van der Waals surface area contributed by atoms with Crippen molar-refractivity contribution in [1.82, 2.24) is 105 Å². The summed E-state index contributed by atoms with van der Waals surface area (Å²) in [6.07, 6.45) is 14.3. The van der Waals surface area contributed by atoms with E-state index < -0.39 is 0 Å². The Morgan fingerprint density at radius 2 is 0.756 bits per heavy atom. The minimum absolute atomic E-state index is 0.0737. The quantitative estimate of drug-likeness (QED) is 0.0197. The number of para-hydroxylation sites is 1. The number of hydrogen-bond acceptors (Lipinski definition) is 26. The van der Waals surface area contributed by atoms with E-state index in [0.717, 1.165) is 18.5 Å². The SMILES string of the molecule is CCOc1cc(C(=O)CC2CCCC2)ccc1-c1nc2nc[nH]c2c(=O)[nH]1.CCOc1cc(C(=O)Cc2ccccn2)ccc1-c1nc2nc[nH]c2c(=O)[nH]1.CCOc1cc(C(=O)N(C)c2ccccc2)ccc1-c1nc2nc[nH]c2c(=O)[nH]1.CCOc1cc(N)ccc1-c1nc2nc[nH]c2c(=O)[nH]1.CCOc1cc(NC(C)=O)ccc1-c1nc2nc[nH]c2c(=O)[nH]1. The Balaban J connectivity index is 0.000000129. The van der Waals surface area contributed by atoms with Gasteiger partial charge >= 0.3 is 0 Å². The maximum Gasteiger partial charge on any atom is 0.277 e. The lowest BCUT2D eigenvalue weighted by Gasteiger charge is -2.18. The lowest BCUT2D eigenvalue weighted by molar-refractivity contribution is -0.114. The molecule has 2 amide bonds. The Labute approximate surface area is 719 Å². The molecule has 38 nitrogen and oxygen atoms in total. The van der Waals surface area contributed by atoms with E-state index in [-0.39, 0.29) is 57.6 Å². The van der Waals surface area contributed by atoms with Gasteiger partial charge in [-0.1, -0.05) is 62.1 Å². The maximum absolute atomic E-state index is 12.9. The molecule has 646 valence electrons. The molecule has 127 heavy (non-hydrogen) atoms. The summed E-state index contributed by atoms with van der Waals surface area (Å²) >= 11 is 0. The van der Waals surface area contributed by atoms with E-state index in [0.29, 0.717) is 221 Å². The number of carbonyl (C=O) groups excluding carboxylic acids is 4. The highest BCUT2D eigenvalue weighted by molar-refractivity contribution is 6.06. The topological polar surface area (TPSA) is 541 Å². The molecule has 0 spiro atoms. The number of Topliss-reactive ketones (excluding diaryl/α,β-unsaturated/α-hetero) is 2. The first kappa shape index (κ1) is 86.7. The number of nitrogen functional groups attached to an aromatic ring is 1. The lowest BCUT2D eigenvalue weighted by Crippen LogP contribution is -2.26. The van der Waals surface area contributed by atoms with Crippen LogP contribution in [0.25, 0.3) is 113 Å². The monoisotopic (exact) mass is 1710 g/mol. The molecule has 38 heteroatoms. The van der Waals surface area contributed by atoms with E-state index in [1.54, 1.807) is 115 Å². The van der Waals surface area contributed by atoms with Crippen LogP contribution in [0.15, 0.2) is 201 Å². The largest absolute Gasteiger partial charge is 0.493 e. The fraction of sp³-hybridized carbons (Fsp3) is 0.213. The van der Waals surface area contributed by atoms with Crippen LogP contribution in [-0.4, -0.2) is 168 Å². The van der Waals surface area contributed by atoms with Crippen LogP contribution in [0.5, 0.6) is 28.7 Å². The number of carbonyl (C=O) groups is 4. The second kappa shape index (κ2) is 39.9. The number of nitrogens with zero attached hydrogens (tertiary/aromatic N) is 12. The third kappa shape index (κ3) is 20.4. The van der Waals surface area contributed by atoms with Gasteiger partial charge in [-0.05, 0) is 132 Å². The number of amides is 2. The van der Waals surface area contributed by atoms with Crippen molar-refractivity contribution in [3.05, 3.63) is 252 Å². The van der Waals surface area contributed by atoms with Gasteiger partial charge in [0.2, 0.25) is 5.91 Å². The predicted molar refractivity (Wildman–Crippen MR) is 477 cm³/mol. The minimum atomic E-state index is -0.325. The second-order valence-electron chi connectivity index (χ2n) is 28.4. The van der Waals surface area contributed by atoms with Crippen molar-refractivity contribution in [2.45, 2.75) is 80.1 Å². The maximum atomic E-state index is 12.9. The Bertz CT molecular complexity index is 7160.